The Morgan fingerprint density at radius 2 is 2.20 bits per heavy atom. The van der Waals surface area contributed by atoms with E-state index in [9.17, 15) is 4.21 Å². The summed E-state index contributed by atoms with van der Waals surface area (Å²) in [4.78, 5) is 0. The van der Waals surface area contributed by atoms with Gasteiger partial charge >= 0.3 is 11.7 Å². The van der Waals surface area contributed by atoms with Crippen LogP contribution in [0.3, 0.4) is 0 Å². The molecule has 1 unspecified atom stereocenters. The molecule has 0 amide bonds. The van der Waals surface area contributed by atoms with E-state index in [1.54, 1.807) is 0 Å². The van der Waals surface area contributed by atoms with E-state index in [1.165, 1.54) is 0 Å². The van der Waals surface area contributed by atoms with E-state index in [1.807, 2.05) is 0 Å². The first-order chi connectivity index (χ1) is 4.85. The van der Waals surface area contributed by atoms with Crippen molar-refractivity contribution in [2.45, 2.75) is 44.3 Å². The van der Waals surface area contributed by atoms with Crippen LogP contribution in [-0.4, -0.2) is 5.25 Å². The molecule has 0 fully saturated rings. The first kappa shape index (κ1) is 10.0. The predicted molar refractivity (Wildman–Crippen MR) is 46.0 cm³/mol. The third-order valence-corrected chi connectivity index (χ3v) is 2.27. The van der Waals surface area contributed by atoms with Gasteiger partial charge in [-0.05, 0) is 6.42 Å². The van der Waals surface area contributed by atoms with Gasteiger partial charge in [-0.1, -0.05) is 26.7 Å². The predicted octanol–water partition coefficient (Wildman–Crippen LogP) is 2.59. The van der Waals surface area contributed by atoms with Crippen LogP contribution in [0.25, 0.3) is 0 Å². The van der Waals surface area contributed by atoms with E-state index in [-0.39, 0.29) is 0 Å². The lowest BCUT2D eigenvalue weighted by Gasteiger charge is -1.95. The minimum Gasteiger partial charge on any atom is -0.0652 e. The number of hydrogen-bond acceptors (Lipinski definition) is 1. The van der Waals surface area contributed by atoms with Crippen molar-refractivity contribution >= 4 is 11.7 Å². The highest BCUT2D eigenvalue weighted by Gasteiger charge is 2.18. The van der Waals surface area contributed by atoms with Crippen LogP contribution in [0.2, 0.25) is 0 Å². The average molecular weight is 160 g/mol. The molecule has 0 saturated carbocycles. The third-order valence-electron chi connectivity index (χ3n) is 1.52. The van der Waals surface area contributed by atoms with Crippen molar-refractivity contribution in [3.63, 3.8) is 0 Å². The van der Waals surface area contributed by atoms with Crippen LogP contribution in [0.15, 0.2) is 0 Å². The van der Waals surface area contributed by atoms with Gasteiger partial charge in [0.15, 0.2) is 0 Å². The van der Waals surface area contributed by atoms with Crippen LogP contribution in [0.4, 0.5) is 0 Å². The summed E-state index contributed by atoms with van der Waals surface area (Å²) < 4.78 is 10.4. The smallest absolute Gasteiger partial charge is 0.0652 e. The molecule has 0 N–H and O–H groups in total. The zero-order valence-corrected chi connectivity index (χ0v) is 7.45. The van der Waals surface area contributed by atoms with Crippen molar-refractivity contribution in [1.82, 2.24) is 0 Å². The van der Waals surface area contributed by atoms with Crippen molar-refractivity contribution in [1.29, 1.82) is 0 Å². The Morgan fingerprint density at radius 1 is 1.50 bits per heavy atom. The molecule has 0 saturated heterocycles. The molecular weight excluding hydrogens is 144 g/mol. The molecule has 0 aromatic rings. The summed E-state index contributed by atoms with van der Waals surface area (Å²) in [6.45, 7) is 5.86. The molecule has 0 heterocycles. The Balaban J connectivity index is 3.29. The first-order valence-corrected chi connectivity index (χ1v) is 4.73. The second kappa shape index (κ2) is 7.13. The molecule has 0 bridgehead atoms. The monoisotopic (exact) mass is 160 g/mol. The van der Waals surface area contributed by atoms with Gasteiger partial charge in [0.1, 0.15) is 0 Å². The first-order valence-electron chi connectivity index (χ1n) is 3.93. The SMILES string of the molecule is [CH2]CCCC(CCC)[S+]=O. The van der Waals surface area contributed by atoms with Crippen molar-refractivity contribution in [2.24, 2.45) is 0 Å². The largest absolute Gasteiger partial charge is 0.462 e. The standard InChI is InChI=1S/C8H16OS/c1-3-5-7-8(10-9)6-4-2/h8H,1,3-7H2,2H3/q+1. The summed E-state index contributed by atoms with van der Waals surface area (Å²) in [5.41, 5.74) is 0. The van der Waals surface area contributed by atoms with Gasteiger partial charge < -0.3 is 0 Å². The fourth-order valence-corrected chi connectivity index (χ4v) is 1.53. The average Bonchev–Trinajstić information content (AvgIpc) is 1.98. The summed E-state index contributed by atoms with van der Waals surface area (Å²) in [7, 11) is 0. The van der Waals surface area contributed by atoms with Gasteiger partial charge in [0.25, 0.3) is 0 Å². The highest BCUT2D eigenvalue weighted by atomic mass is 32.1. The molecule has 0 aromatic carbocycles. The van der Waals surface area contributed by atoms with Gasteiger partial charge in [-0.2, -0.15) is 0 Å². The molecule has 1 nitrogen and oxygen atoms in total. The van der Waals surface area contributed by atoms with E-state index in [0.717, 1.165) is 43.8 Å². The molecule has 0 aliphatic rings. The molecule has 0 rings (SSSR count). The van der Waals surface area contributed by atoms with Gasteiger partial charge in [0.05, 0.1) is 0 Å². The van der Waals surface area contributed by atoms with Gasteiger partial charge in [-0.15, -0.1) is 0 Å². The Bertz CT molecular complexity index is 83.3. The Kier molecular flexibility index (Phi) is 7.15. The van der Waals surface area contributed by atoms with Crippen LogP contribution in [0.5, 0.6) is 0 Å². The second-order valence-corrected chi connectivity index (χ2v) is 3.36. The van der Waals surface area contributed by atoms with Crippen LogP contribution in [0.1, 0.15) is 39.0 Å². The fourth-order valence-electron chi connectivity index (χ4n) is 0.935. The van der Waals surface area contributed by atoms with Gasteiger partial charge in [0.2, 0.25) is 5.25 Å². The fraction of sp³-hybridized carbons (Fsp3) is 0.875. The molecule has 1 atom stereocenters. The van der Waals surface area contributed by atoms with Crippen molar-refractivity contribution in [3.05, 3.63) is 6.92 Å². The van der Waals surface area contributed by atoms with E-state index in [0.29, 0.717) is 5.25 Å². The van der Waals surface area contributed by atoms with E-state index in [4.69, 9.17) is 0 Å². The van der Waals surface area contributed by atoms with E-state index < -0.39 is 0 Å². The minimum absolute atomic E-state index is 0.340. The second-order valence-electron chi connectivity index (χ2n) is 2.50. The van der Waals surface area contributed by atoms with Gasteiger partial charge in [0, 0.05) is 17.1 Å². The lowest BCUT2D eigenvalue weighted by molar-refractivity contribution is 0.578. The quantitative estimate of drug-likeness (QED) is 0.546. The van der Waals surface area contributed by atoms with Gasteiger partial charge in [-0.3, -0.25) is 0 Å². The molecule has 1 radical (unpaired) electrons. The molecule has 10 heavy (non-hydrogen) atoms. The van der Waals surface area contributed by atoms with E-state index >= 15 is 0 Å². The van der Waals surface area contributed by atoms with Crippen LogP contribution >= 0.6 is 0 Å². The Hall–Kier alpha value is 0.0200. The lowest BCUT2D eigenvalue weighted by Crippen LogP contribution is -2.04. The minimum atomic E-state index is 0.340. The lowest BCUT2D eigenvalue weighted by atomic mass is 10.1. The maximum absolute atomic E-state index is 10.4. The number of rotatable bonds is 6. The highest BCUT2D eigenvalue weighted by molar-refractivity contribution is 7.66. The highest BCUT2D eigenvalue weighted by Crippen LogP contribution is 2.07. The zero-order chi connectivity index (χ0) is 7.82. The van der Waals surface area contributed by atoms with Crippen molar-refractivity contribution < 1.29 is 4.21 Å². The van der Waals surface area contributed by atoms with Crippen molar-refractivity contribution in [2.75, 3.05) is 0 Å². The van der Waals surface area contributed by atoms with Crippen LogP contribution < -0.4 is 0 Å². The molecular formula is C8H16OS+. The summed E-state index contributed by atoms with van der Waals surface area (Å²) >= 11 is 0.757. The Morgan fingerprint density at radius 3 is 2.60 bits per heavy atom. The topological polar surface area (TPSA) is 17.1 Å². The molecule has 2 heteroatoms. The summed E-state index contributed by atoms with van der Waals surface area (Å²) in [5.74, 6) is 0. The summed E-state index contributed by atoms with van der Waals surface area (Å²) in [5, 5.41) is 0.340. The van der Waals surface area contributed by atoms with Crippen LogP contribution in [0, 0.1) is 6.92 Å². The maximum atomic E-state index is 10.4. The molecule has 0 aliphatic carbocycles. The van der Waals surface area contributed by atoms with E-state index in [2.05, 4.69) is 13.8 Å². The Labute approximate surface area is 67.7 Å². The van der Waals surface area contributed by atoms with Gasteiger partial charge in [-0.25, -0.2) is 0 Å². The summed E-state index contributed by atoms with van der Waals surface area (Å²) in [6, 6.07) is 0. The molecule has 0 aliphatic heterocycles. The summed E-state index contributed by atoms with van der Waals surface area (Å²) in [6.07, 6.45) is 5.29. The van der Waals surface area contributed by atoms with Crippen LogP contribution in [-0.2, 0) is 15.9 Å². The molecule has 0 spiro atoms. The molecule has 0 aromatic heterocycles. The molecule has 59 valence electrons. The van der Waals surface area contributed by atoms with Crippen molar-refractivity contribution in [3.8, 4) is 0 Å². The third kappa shape index (κ3) is 4.86. The normalized spacial score (nSPS) is 13.0. The zero-order valence-electron chi connectivity index (χ0n) is 6.64. The number of unbranched alkanes of at least 4 members (excludes halogenated alkanes) is 1. The number of hydrogen-bond donors (Lipinski definition) is 0. The maximum Gasteiger partial charge on any atom is 0.462 e.